The van der Waals surface area contributed by atoms with Crippen LogP contribution in [-0.2, 0) is 26.1 Å². The van der Waals surface area contributed by atoms with E-state index < -0.39 is 28.1 Å². The van der Waals surface area contributed by atoms with Crippen LogP contribution in [0.4, 0.5) is 5.69 Å². The van der Waals surface area contributed by atoms with E-state index in [4.69, 9.17) is 33.8 Å². The molecule has 3 rings (SSSR count). The highest BCUT2D eigenvalue weighted by molar-refractivity contribution is 7.89. The van der Waals surface area contributed by atoms with Crippen molar-refractivity contribution < 1.29 is 17.9 Å². The van der Waals surface area contributed by atoms with Crippen molar-refractivity contribution in [3.8, 4) is 0 Å². The molecule has 3 aromatic rings. The van der Waals surface area contributed by atoms with E-state index in [9.17, 15) is 13.2 Å². The molecule has 0 aliphatic rings. The van der Waals surface area contributed by atoms with Crippen LogP contribution in [0.15, 0.2) is 64.3 Å². The second kappa shape index (κ2) is 10.8. The van der Waals surface area contributed by atoms with Crippen molar-refractivity contribution in [2.45, 2.75) is 37.8 Å². The van der Waals surface area contributed by atoms with Crippen LogP contribution in [0.2, 0.25) is 5.02 Å². The molecule has 9 nitrogen and oxygen atoms in total. The van der Waals surface area contributed by atoms with Gasteiger partial charge in [-0.05, 0) is 50.6 Å². The summed E-state index contributed by atoms with van der Waals surface area (Å²) < 4.78 is 37.1. The predicted octanol–water partition coefficient (Wildman–Crippen LogP) is 4.30. The van der Waals surface area contributed by atoms with Crippen molar-refractivity contribution in [3.05, 3.63) is 65.4 Å². The number of anilines is 1. The minimum atomic E-state index is -4.12. The number of esters is 1. The van der Waals surface area contributed by atoms with Crippen molar-refractivity contribution in [1.29, 1.82) is 0 Å². The van der Waals surface area contributed by atoms with Gasteiger partial charge in [-0.1, -0.05) is 29.8 Å². The lowest BCUT2D eigenvalue weighted by atomic mass is 10.1. The van der Waals surface area contributed by atoms with E-state index in [1.54, 1.807) is 51.1 Å². The van der Waals surface area contributed by atoms with Gasteiger partial charge < -0.3 is 15.8 Å². The van der Waals surface area contributed by atoms with Gasteiger partial charge in [0.15, 0.2) is 0 Å². The Kier molecular flexibility index (Phi) is 8.22. The third-order valence-electron chi connectivity index (χ3n) is 4.70. The molecule has 3 N–H and O–H groups in total. The maximum atomic E-state index is 13.7. The summed E-state index contributed by atoms with van der Waals surface area (Å²) in [5.41, 5.74) is 5.98. The lowest BCUT2D eigenvalue weighted by Gasteiger charge is -2.25. The smallest absolute Gasteiger partial charge is 0.321 e. The third-order valence-corrected chi connectivity index (χ3v) is 6.90. The third kappa shape index (κ3) is 7.04. The number of ether oxygens (including phenoxy) is 1. The Hall–Kier alpha value is -2.92. The van der Waals surface area contributed by atoms with Crippen molar-refractivity contribution in [3.63, 3.8) is 0 Å². The molecule has 0 unspecified atom stereocenters. The van der Waals surface area contributed by atoms with Crippen LogP contribution < -0.4 is 11.1 Å². The average molecular weight is 538 g/mol. The van der Waals surface area contributed by atoms with Gasteiger partial charge in [0.1, 0.15) is 12.1 Å². The Balaban J connectivity index is 2.01. The van der Waals surface area contributed by atoms with Crippen molar-refractivity contribution >= 4 is 61.8 Å². The summed E-state index contributed by atoms with van der Waals surface area (Å²) in [5, 5.41) is 4.43. The zero-order valence-electron chi connectivity index (χ0n) is 19.3. The van der Waals surface area contributed by atoms with E-state index in [2.05, 4.69) is 14.8 Å². The lowest BCUT2D eigenvalue weighted by Crippen LogP contribution is -2.38. The number of rotatable bonds is 7. The number of carbonyl (C=O) groups excluding carboxylic acids is 1. The van der Waals surface area contributed by atoms with Crippen molar-refractivity contribution in [2.24, 2.45) is 10.2 Å². The first kappa shape index (κ1) is 26.7. The van der Waals surface area contributed by atoms with Gasteiger partial charge in [0.2, 0.25) is 16.0 Å². The molecule has 0 aliphatic carbocycles. The fraction of sp³-hybridized carbons (Fsp3) is 0.261. The Morgan fingerprint density at radius 3 is 2.60 bits per heavy atom. The molecular formula is C23H25Cl2N5O4S. The molecule has 0 saturated heterocycles. The summed E-state index contributed by atoms with van der Waals surface area (Å²) >= 11 is 11.5. The number of nitrogens with one attached hydrogen (secondary N) is 1. The molecule has 2 aromatic carbocycles. The second-order valence-corrected chi connectivity index (χ2v) is 11.2. The van der Waals surface area contributed by atoms with Crippen LogP contribution in [0.25, 0.3) is 10.8 Å². The van der Waals surface area contributed by atoms with Gasteiger partial charge >= 0.3 is 5.97 Å². The van der Waals surface area contributed by atoms with Crippen LogP contribution in [0.3, 0.4) is 0 Å². The zero-order chi connectivity index (χ0) is 25.8. The average Bonchev–Trinajstić information content (AvgIpc) is 2.77. The molecule has 0 radical (unpaired) electrons. The summed E-state index contributed by atoms with van der Waals surface area (Å²) in [5.74, 6) is -0.712. The first-order chi connectivity index (χ1) is 16.4. The molecule has 0 atom stereocenters. The minimum Gasteiger partial charge on any atom is -0.459 e. The monoisotopic (exact) mass is 537 g/mol. The number of fused-ring (bicyclic) bond motifs is 1. The normalized spacial score (nSPS) is 12.7. The van der Waals surface area contributed by atoms with Gasteiger partial charge in [0.25, 0.3) is 0 Å². The summed E-state index contributed by atoms with van der Waals surface area (Å²) in [6.07, 6.45) is 3.03. The molecule has 0 bridgehead atoms. The highest BCUT2D eigenvalue weighted by Gasteiger charge is 2.29. The van der Waals surface area contributed by atoms with Crippen LogP contribution in [0.5, 0.6) is 0 Å². The molecule has 0 saturated carbocycles. The first-order valence-electron chi connectivity index (χ1n) is 10.4. The van der Waals surface area contributed by atoms with Gasteiger partial charge in [-0.2, -0.15) is 4.31 Å². The lowest BCUT2D eigenvalue weighted by molar-refractivity contribution is -0.155. The van der Waals surface area contributed by atoms with Gasteiger partial charge in [-0.15, -0.1) is 4.51 Å². The van der Waals surface area contributed by atoms with Crippen LogP contribution in [0.1, 0.15) is 26.3 Å². The van der Waals surface area contributed by atoms with E-state index in [0.717, 1.165) is 4.31 Å². The van der Waals surface area contributed by atoms with E-state index in [-0.39, 0.29) is 17.4 Å². The Morgan fingerprint density at radius 1 is 1.20 bits per heavy atom. The Bertz CT molecular complexity index is 1370. The standard InChI is InChI=1S/C23H25Cl2N5O4S/c1-23(2,3)34-21(31)14-30(13-15-5-4-6-17(24)9-15)35(32,33)18-7-8-19-16(10-18)11-27-12-20(19)28-22(26)29-25/h4-12H,13-14H2,1-3H3,(H3,26,28,29). The molecule has 0 amide bonds. The number of aromatic nitrogens is 1. The highest BCUT2D eigenvalue weighted by atomic mass is 35.5. The Labute approximate surface area is 214 Å². The molecular weight excluding hydrogens is 513 g/mol. The largest absolute Gasteiger partial charge is 0.459 e. The molecule has 1 aromatic heterocycles. The van der Waals surface area contributed by atoms with Gasteiger partial charge in [0.05, 0.1) is 16.8 Å². The van der Waals surface area contributed by atoms with Crippen molar-refractivity contribution in [2.75, 3.05) is 11.9 Å². The number of benzene rings is 2. The van der Waals surface area contributed by atoms with E-state index >= 15 is 0 Å². The van der Waals surface area contributed by atoms with E-state index in [1.165, 1.54) is 24.5 Å². The number of pyridine rings is 1. The number of halogens is 2. The maximum Gasteiger partial charge on any atom is 0.321 e. The number of guanidine groups is 1. The van der Waals surface area contributed by atoms with Gasteiger partial charge in [-0.3, -0.25) is 9.78 Å². The van der Waals surface area contributed by atoms with Crippen LogP contribution >= 0.6 is 23.4 Å². The molecule has 1 heterocycles. The van der Waals surface area contributed by atoms with E-state index in [1.807, 2.05) is 0 Å². The highest BCUT2D eigenvalue weighted by Crippen LogP contribution is 2.27. The quantitative estimate of drug-likeness (QED) is 0.261. The summed E-state index contributed by atoms with van der Waals surface area (Å²) in [6.45, 7) is 4.58. The molecule has 0 aliphatic heterocycles. The summed E-state index contributed by atoms with van der Waals surface area (Å²) in [7, 11) is -4.12. The van der Waals surface area contributed by atoms with Gasteiger partial charge in [-0.25, -0.2) is 8.42 Å². The van der Waals surface area contributed by atoms with Gasteiger partial charge in [0, 0.05) is 40.3 Å². The number of hydrogen-bond acceptors (Lipinski definition) is 6. The maximum absolute atomic E-state index is 13.7. The fourth-order valence-corrected chi connectivity index (χ4v) is 4.97. The summed E-state index contributed by atoms with van der Waals surface area (Å²) in [4.78, 5) is 16.7. The first-order valence-corrected chi connectivity index (χ1v) is 12.6. The van der Waals surface area contributed by atoms with Crippen molar-refractivity contribution in [1.82, 2.24) is 9.29 Å². The number of carbonyl (C=O) groups is 1. The number of sulfonamides is 1. The fourth-order valence-electron chi connectivity index (χ4n) is 3.31. The zero-order valence-corrected chi connectivity index (χ0v) is 21.7. The molecule has 186 valence electrons. The second-order valence-electron chi connectivity index (χ2n) is 8.65. The predicted molar refractivity (Wildman–Crippen MR) is 138 cm³/mol. The molecule has 12 heteroatoms. The number of hydrogen-bond donors (Lipinski definition) is 2. The Morgan fingerprint density at radius 2 is 1.94 bits per heavy atom. The SMILES string of the molecule is CC(C)(C)OC(=O)CN(Cc1cccc(Cl)c1)S(=O)(=O)c1ccc2c(NC(N)=NCl)cncc2c1. The van der Waals surface area contributed by atoms with Crippen LogP contribution in [0, 0.1) is 0 Å². The summed E-state index contributed by atoms with van der Waals surface area (Å²) in [6, 6.07) is 11.3. The molecule has 0 spiro atoms. The minimum absolute atomic E-state index is 0.0199. The molecule has 0 fully saturated rings. The van der Waals surface area contributed by atoms with E-state index in [0.29, 0.717) is 27.0 Å². The molecule has 35 heavy (non-hydrogen) atoms. The van der Waals surface area contributed by atoms with Crippen LogP contribution in [-0.4, -0.2) is 41.8 Å². The number of nitrogens with two attached hydrogens (primary N) is 1. The number of nitrogens with zero attached hydrogens (tertiary/aromatic N) is 3. The topological polar surface area (TPSA) is 127 Å².